The Balaban J connectivity index is 2.09. The lowest BCUT2D eigenvalue weighted by Gasteiger charge is -2.44. The van der Waals surface area contributed by atoms with Crippen molar-refractivity contribution in [1.29, 1.82) is 0 Å². The van der Waals surface area contributed by atoms with Gasteiger partial charge in [0, 0.05) is 29.9 Å². The number of amides is 1. The summed E-state index contributed by atoms with van der Waals surface area (Å²) in [6.45, 7) is 6.03. The summed E-state index contributed by atoms with van der Waals surface area (Å²) in [6, 6.07) is 1.76. The molecule has 0 aromatic carbocycles. The van der Waals surface area contributed by atoms with Crippen LogP contribution in [-0.4, -0.2) is 56.4 Å². The number of β-amino-alcohol motifs (C(OH)–C–C–N with tert-alkyl or cyclic N) is 1. The van der Waals surface area contributed by atoms with Crippen LogP contribution in [0.5, 0.6) is 0 Å². The van der Waals surface area contributed by atoms with Gasteiger partial charge in [-0.2, -0.15) is 4.98 Å². The van der Waals surface area contributed by atoms with Gasteiger partial charge in [-0.3, -0.25) is 9.36 Å². The molecule has 134 valence electrons. The van der Waals surface area contributed by atoms with Gasteiger partial charge in [0.05, 0.1) is 12.7 Å². The van der Waals surface area contributed by atoms with Gasteiger partial charge in [0.15, 0.2) is 0 Å². The Morgan fingerprint density at radius 2 is 2.17 bits per heavy atom. The van der Waals surface area contributed by atoms with Crippen molar-refractivity contribution in [2.45, 2.75) is 52.7 Å². The second-order valence-electron chi connectivity index (χ2n) is 6.78. The zero-order valence-corrected chi connectivity index (χ0v) is 14.7. The molecule has 2 rings (SSSR count). The molecule has 1 amide bonds. The van der Waals surface area contributed by atoms with Crippen molar-refractivity contribution >= 4 is 5.91 Å². The van der Waals surface area contributed by atoms with E-state index in [4.69, 9.17) is 0 Å². The van der Waals surface area contributed by atoms with Gasteiger partial charge in [0.1, 0.15) is 6.54 Å². The smallest absolute Gasteiger partial charge is 0.348 e. The first-order valence-corrected chi connectivity index (χ1v) is 8.44. The minimum atomic E-state index is -0.755. The molecule has 0 radical (unpaired) electrons. The van der Waals surface area contributed by atoms with Crippen LogP contribution in [0.25, 0.3) is 0 Å². The second kappa shape index (κ2) is 7.44. The maximum absolute atomic E-state index is 12.5. The van der Waals surface area contributed by atoms with Crippen LogP contribution in [0.4, 0.5) is 0 Å². The number of hydrogen-bond acceptors (Lipinski definition) is 5. The largest absolute Gasteiger partial charge is 0.396 e. The Bertz CT molecular complexity index is 658. The van der Waals surface area contributed by atoms with E-state index < -0.39 is 17.2 Å². The van der Waals surface area contributed by atoms with Crippen molar-refractivity contribution in [2.75, 3.05) is 19.7 Å². The molecular weight excluding hydrogens is 310 g/mol. The van der Waals surface area contributed by atoms with E-state index in [1.54, 1.807) is 24.8 Å². The van der Waals surface area contributed by atoms with E-state index in [2.05, 4.69) is 4.98 Å². The van der Waals surface area contributed by atoms with Crippen molar-refractivity contribution in [2.24, 2.45) is 5.41 Å². The predicted molar refractivity (Wildman–Crippen MR) is 89.6 cm³/mol. The fraction of sp³-hybridized carbons (Fsp3) is 0.706. The van der Waals surface area contributed by atoms with Gasteiger partial charge >= 0.3 is 5.69 Å². The lowest BCUT2D eigenvalue weighted by atomic mass is 9.73. The summed E-state index contributed by atoms with van der Waals surface area (Å²) >= 11 is 0. The molecule has 0 spiro atoms. The van der Waals surface area contributed by atoms with E-state index in [-0.39, 0.29) is 25.6 Å². The number of aliphatic hydroxyl groups excluding tert-OH is 2. The molecule has 7 heteroatoms. The standard InChI is InChI=1S/C17H27N3O4/c1-4-5-17(11-21)6-7-19(9-14(17)22)15(23)10-20-13(3)8-12(2)18-16(20)24/h8,14,21-22H,4-7,9-11H2,1-3H3/t14-,17-/m1/s1. The first-order valence-electron chi connectivity index (χ1n) is 8.44. The average molecular weight is 337 g/mol. The van der Waals surface area contributed by atoms with Gasteiger partial charge in [-0.05, 0) is 32.8 Å². The van der Waals surface area contributed by atoms with E-state index in [0.29, 0.717) is 24.4 Å². The molecule has 1 aromatic heterocycles. The van der Waals surface area contributed by atoms with Crippen molar-refractivity contribution < 1.29 is 15.0 Å². The molecular formula is C17H27N3O4. The van der Waals surface area contributed by atoms with Crippen LogP contribution in [0.1, 0.15) is 37.6 Å². The monoisotopic (exact) mass is 337 g/mol. The Hall–Kier alpha value is -1.73. The number of aromatic nitrogens is 2. The number of aryl methyl sites for hydroxylation is 2. The molecule has 0 saturated carbocycles. The topological polar surface area (TPSA) is 95.7 Å². The van der Waals surface area contributed by atoms with Gasteiger partial charge in [-0.1, -0.05) is 13.3 Å². The van der Waals surface area contributed by atoms with Gasteiger partial charge in [-0.25, -0.2) is 4.79 Å². The SMILES string of the molecule is CCC[C@]1(CO)CCN(C(=O)Cn2c(C)cc(C)nc2=O)C[C@H]1O. The molecule has 2 N–H and O–H groups in total. The second-order valence-corrected chi connectivity index (χ2v) is 6.78. The maximum atomic E-state index is 12.5. The minimum Gasteiger partial charge on any atom is -0.396 e. The normalized spacial score (nSPS) is 24.2. The zero-order chi connectivity index (χ0) is 17.9. The van der Waals surface area contributed by atoms with Crippen LogP contribution in [0.15, 0.2) is 10.9 Å². The molecule has 1 saturated heterocycles. The van der Waals surface area contributed by atoms with Crippen LogP contribution in [0, 0.1) is 19.3 Å². The van der Waals surface area contributed by atoms with E-state index in [1.165, 1.54) is 4.57 Å². The van der Waals surface area contributed by atoms with Gasteiger partial charge < -0.3 is 15.1 Å². The summed E-state index contributed by atoms with van der Waals surface area (Å²) in [5.41, 5.74) is 0.356. The molecule has 1 aliphatic heterocycles. The zero-order valence-electron chi connectivity index (χ0n) is 14.7. The number of carbonyl (C=O) groups excluding carboxylic acids is 1. The van der Waals surface area contributed by atoms with Crippen molar-refractivity contribution in [3.05, 3.63) is 27.9 Å². The molecule has 2 heterocycles. The molecule has 1 fully saturated rings. The van der Waals surface area contributed by atoms with Crippen LogP contribution in [0.2, 0.25) is 0 Å². The fourth-order valence-corrected chi connectivity index (χ4v) is 3.50. The molecule has 2 atom stereocenters. The summed E-state index contributed by atoms with van der Waals surface area (Å²) in [6.07, 6.45) is 1.40. The average Bonchev–Trinajstić information content (AvgIpc) is 2.52. The van der Waals surface area contributed by atoms with Crippen LogP contribution < -0.4 is 5.69 Å². The number of likely N-dealkylation sites (tertiary alicyclic amines) is 1. The fourth-order valence-electron chi connectivity index (χ4n) is 3.50. The van der Waals surface area contributed by atoms with E-state index in [0.717, 1.165) is 12.8 Å². The lowest BCUT2D eigenvalue weighted by molar-refractivity contribution is -0.142. The Morgan fingerprint density at radius 3 is 2.71 bits per heavy atom. The number of rotatable bonds is 5. The number of carbonyl (C=O) groups is 1. The summed E-state index contributed by atoms with van der Waals surface area (Å²) < 4.78 is 1.35. The molecule has 0 bridgehead atoms. The van der Waals surface area contributed by atoms with E-state index >= 15 is 0 Å². The number of nitrogens with zero attached hydrogens (tertiary/aromatic N) is 3. The maximum Gasteiger partial charge on any atom is 0.348 e. The third-order valence-electron chi connectivity index (χ3n) is 5.04. The van der Waals surface area contributed by atoms with Crippen LogP contribution >= 0.6 is 0 Å². The number of aliphatic hydroxyl groups is 2. The molecule has 0 aliphatic carbocycles. The highest BCUT2D eigenvalue weighted by molar-refractivity contribution is 5.76. The Morgan fingerprint density at radius 1 is 1.46 bits per heavy atom. The van der Waals surface area contributed by atoms with Crippen LogP contribution in [-0.2, 0) is 11.3 Å². The van der Waals surface area contributed by atoms with Gasteiger partial charge in [0.25, 0.3) is 0 Å². The highest BCUT2D eigenvalue weighted by atomic mass is 16.3. The highest BCUT2D eigenvalue weighted by Crippen LogP contribution is 2.36. The molecule has 1 aromatic rings. The third kappa shape index (κ3) is 3.67. The van der Waals surface area contributed by atoms with Crippen molar-refractivity contribution in [3.8, 4) is 0 Å². The van der Waals surface area contributed by atoms with E-state index in [9.17, 15) is 19.8 Å². The first-order chi connectivity index (χ1) is 11.3. The molecule has 0 unspecified atom stereocenters. The van der Waals surface area contributed by atoms with Crippen LogP contribution in [0.3, 0.4) is 0 Å². The lowest BCUT2D eigenvalue weighted by Crippen LogP contribution is -2.55. The first kappa shape index (κ1) is 18.6. The minimum absolute atomic E-state index is 0.0788. The third-order valence-corrected chi connectivity index (χ3v) is 5.04. The predicted octanol–water partition coefficient (Wildman–Crippen LogP) is 0.232. The summed E-state index contributed by atoms with van der Waals surface area (Å²) in [7, 11) is 0. The number of hydrogen-bond donors (Lipinski definition) is 2. The summed E-state index contributed by atoms with van der Waals surface area (Å²) in [4.78, 5) is 29.9. The molecule has 24 heavy (non-hydrogen) atoms. The summed E-state index contributed by atoms with van der Waals surface area (Å²) in [5, 5.41) is 20.1. The van der Waals surface area contributed by atoms with Crippen molar-refractivity contribution in [1.82, 2.24) is 14.5 Å². The van der Waals surface area contributed by atoms with Gasteiger partial charge in [-0.15, -0.1) is 0 Å². The quantitative estimate of drug-likeness (QED) is 0.802. The molecule has 1 aliphatic rings. The molecule has 7 nitrogen and oxygen atoms in total. The van der Waals surface area contributed by atoms with E-state index in [1.807, 2.05) is 6.92 Å². The summed E-state index contributed by atoms with van der Waals surface area (Å²) in [5.74, 6) is -0.215. The Kier molecular flexibility index (Phi) is 5.77. The number of piperidine rings is 1. The van der Waals surface area contributed by atoms with Gasteiger partial charge in [0.2, 0.25) is 5.91 Å². The van der Waals surface area contributed by atoms with Crippen molar-refractivity contribution in [3.63, 3.8) is 0 Å². The Labute approximate surface area is 141 Å². The highest BCUT2D eigenvalue weighted by Gasteiger charge is 2.42.